The third kappa shape index (κ3) is 2.54. The molecule has 3 rings (SSSR count). The molecular formula is C16H18ClNO3. The number of morpholine rings is 1. The zero-order valence-electron chi connectivity index (χ0n) is 12.2. The van der Waals surface area contributed by atoms with E-state index >= 15 is 0 Å². The Hall–Kier alpha value is -1.52. The topological polar surface area (TPSA) is 42.7 Å². The molecule has 1 aliphatic rings. The van der Waals surface area contributed by atoms with Crippen molar-refractivity contribution >= 4 is 28.5 Å². The summed E-state index contributed by atoms with van der Waals surface area (Å²) in [6.07, 6.45) is 0.872. The highest BCUT2D eigenvalue weighted by Crippen LogP contribution is 2.29. The lowest BCUT2D eigenvalue weighted by molar-refractivity contribution is -0.00428. The van der Waals surface area contributed by atoms with Crippen LogP contribution in [0.25, 0.3) is 11.0 Å². The van der Waals surface area contributed by atoms with Gasteiger partial charge in [-0.15, -0.1) is 0 Å². The van der Waals surface area contributed by atoms with E-state index in [0.29, 0.717) is 36.1 Å². The van der Waals surface area contributed by atoms with Gasteiger partial charge in [0.15, 0.2) is 5.76 Å². The number of hydrogen-bond donors (Lipinski definition) is 0. The number of rotatable bonds is 2. The first-order valence-corrected chi connectivity index (χ1v) is 7.57. The molecule has 1 fully saturated rings. The Morgan fingerprint density at radius 1 is 1.48 bits per heavy atom. The first-order chi connectivity index (χ1) is 10.1. The maximum Gasteiger partial charge on any atom is 0.290 e. The summed E-state index contributed by atoms with van der Waals surface area (Å²) >= 11 is 6.02. The number of amides is 1. The van der Waals surface area contributed by atoms with E-state index in [4.69, 9.17) is 20.8 Å². The van der Waals surface area contributed by atoms with Crippen molar-refractivity contribution < 1.29 is 13.9 Å². The highest BCUT2D eigenvalue weighted by Gasteiger charge is 2.30. The lowest BCUT2D eigenvalue weighted by Crippen LogP contribution is -2.48. The predicted octanol–water partition coefficient (Wildman–Crippen LogP) is 3.65. The quantitative estimate of drug-likeness (QED) is 0.850. The van der Waals surface area contributed by atoms with Crippen LogP contribution in [0.15, 0.2) is 22.6 Å². The van der Waals surface area contributed by atoms with Gasteiger partial charge in [-0.3, -0.25) is 4.79 Å². The lowest BCUT2D eigenvalue weighted by Gasteiger charge is -2.34. The Bertz CT molecular complexity index is 679. The van der Waals surface area contributed by atoms with Gasteiger partial charge in [-0.25, -0.2) is 0 Å². The zero-order valence-corrected chi connectivity index (χ0v) is 12.9. The Morgan fingerprint density at radius 3 is 3.05 bits per heavy atom. The molecule has 1 aromatic carbocycles. The minimum atomic E-state index is -0.0602. The second-order valence-corrected chi connectivity index (χ2v) is 5.77. The predicted molar refractivity (Wildman–Crippen MR) is 81.9 cm³/mol. The fourth-order valence-corrected chi connectivity index (χ4v) is 2.96. The molecule has 112 valence electrons. The number of ether oxygens (including phenoxy) is 1. The Kier molecular flexibility index (Phi) is 3.91. The van der Waals surface area contributed by atoms with Crippen molar-refractivity contribution in [2.75, 3.05) is 19.8 Å². The van der Waals surface area contributed by atoms with Crippen molar-refractivity contribution in [2.45, 2.75) is 26.3 Å². The van der Waals surface area contributed by atoms with Crippen LogP contribution >= 0.6 is 11.6 Å². The standard InChI is InChI=1S/C16H18ClNO3/c1-3-12-9-20-7-6-18(12)16(19)15-10(2)13-8-11(17)4-5-14(13)21-15/h4-5,8,12H,3,6-7,9H2,1-2H3. The van der Waals surface area contributed by atoms with Crippen molar-refractivity contribution in [1.29, 1.82) is 0 Å². The number of halogens is 1. The van der Waals surface area contributed by atoms with Crippen LogP contribution < -0.4 is 0 Å². The van der Waals surface area contributed by atoms with Crippen molar-refractivity contribution in [3.05, 3.63) is 34.5 Å². The van der Waals surface area contributed by atoms with Crippen molar-refractivity contribution in [3.63, 3.8) is 0 Å². The van der Waals surface area contributed by atoms with Crippen LogP contribution in [0.5, 0.6) is 0 Å². The monoisotopic (exact) mass is 307 g/mol. The number of fused-ring (bicyclic) bond motifs is 1. The molecule has 0 radical (unpaired) electrons. The van der Waals surface area contributed by atoms with Crippen LogP contribution in [-0.4, -0.2) is 36.6 Å². The van der Waals surface area contributed by atoms with E-state index in [1.54, 1.807) is 12.1 Å². The Morgan fingerprint density at radius 2 is 2.29 bits per heavy atom. The molecule has 1 atom stereocenters. The van der Waals surface area contributed by atoms with Crippen LogP contribution in [0.3, 0.4) is 0 Å². The molecule has 0 N–H and O–H groups in total. The van der Waals surface area contributed by atoms with Gasteiger partial charge in [-0.2, -0.15) is 0 Å². The lowest BCUT2D eigenvalue weighted by atomic mass is 10.1. The van der Waals surface area contributed by atoms with Crippen molar-refractivity contribution in [1.82, 2.24) is 4.90 Å². The molecule has 0 aliphatic carbocycles. The third-order valence-electron chi connectivity index (χ3n) is 4.05. The van der Waals surface area contributed by atoms with E-state index < -0.39 is 0 Å². The Balaban J connectivity index is 1.99. The number of carbonyl (C=O) groups excluding carboxylic acids is 1. The molecule has 2 aromatic rings. The molecule has 5 heteroatoms. The van der Waals surface area contributed by atoms with Gasteiger partial charge in [0.1, 0.15) is 5.58 Å². The number of carbonyl (C=O) groups is 1. The molecule has 4 nitrogen and oxygen atoms in total. The molecule has 0 saturated carbocycles. The summed E-state index contributed by atoms with van der Waals surface area (Å²) in [4.78, 5) is 14.6. The molecular weight excluding hydrogens is 290 g/mol. The zero-order chi connectivity index (χ0) is 15.0. The van der Waals surface area contributed by atoms with Gasteiger partial charge in [0.2, 0.25) is 0 Å². The number of nitrogens with zero attached hydrogens (tertiary/aromatic N) is 1. The van der Waals surface area contributed by atoms with Crippen molar-refractivity contribution in [3.8, 4) is 0 Å². The summed E-state index contributed by atoms with van der Waals surface area (Å²) in [7, 11) is 0. The van der Waals surface area contributed by atoms with Crippen LogP contribution in [0.4, 0.5) is 0 Å². The molecule has 0 bridgehead atoms. The largest absolute Gasteiger partial charge is 0.451 e. The number of aryl methyl sites for hydroxylation is 1. The average Bonchev–Trinajstić information content (AvgIpc) is 2.83. The van der Waals surface area contributed by atoms with Crippen LogP contribution in [0.2, 0.25) is 5.02 Å². The van der Waals surface area contributed by atoms with Gasteiger partial charge >= 0.3 is 0 Å². The van der Waals surface area contributed by atoms with Gasteiger partial charge in [-0.05, 0) is 31.5 Å². The van der Waals surface area contributed by atoms with Gasteiger partial charge < -0.3 is 14.1 Å². The minimum absolute atomic E-state index is 0.0602. The average molecular weight is 308 g/mol. The van der Waals surface area contributed by atoms with Gasteiger partial charge in [-0.1, -0.05) is 18.5 Å². The third-order valence-corrected chi connectivity index (χ3v) is 4.29. The van der Waals surface area contributed by atoms with E-state index in [9.17, 15) is 4.79 Å². The molecule has 21 heavy (non-hydrogen) atoms. The number of benzene rings is 1. The number of hydrogen-bond acceptors (Lipinski definition) is 3. The summed E-state index contributed by atoms with van der Waals surface area (Å²) < 4.78 is 11.2. The first-order valence-electron chi connectivity index (χ1n) is 7.19. The molecule has 2 heterocycles. The van der Waals surface area contributed by atoms with Gasteiger partial charge in [0, 0.05) is 22.5 Å². The summed E-state index contributed by atoms with van der Waals surface area (Å²) in [6.45, 7) is 5.73. The van der Waals surface area contributed by atoms with E-state index in [1.165, 1.54) is 0 Å². The van der Waals surface area contributed by atoms with E-state index in [2.05, 4.69) is 6.92 Å². The minimum Gasteiger partial charge on any atom is -0.451 e. The molecule has 1 amide bonds. The normalized spacial score (nSPS) is 19.2. The molecule has 1 saturated heterocycles. The van der Waals surface area contributed by atoms with Crippen LogP contribution in [0.1, 0.15) is 29.5 Å². The first kappa shape index (κ1) is 14.4. The van der Waals surface area contributed by atoms with Crippen molar-refractivity contribution in [2.24, 2.45) is 0 Å². The maximum atomic E-state index is 12.8. The van der Waals surface area contributed by atoms with Crippen LogP contribution in [0, 0.1) is 6.92 Å². The fraction of sp³-hybridized carbons (Fsp3) is 0.438. The SMILES string of the molecule is CCC1COCCN1C(=O)c1oc2ccc(Cl)cc2c1C. The summed E-state index contributed by atoms with van der Waals surface area (Å²) in [5.41, 5.74) is 1.54. The van der Waals surface area contributed by atoms with E-state index in [0.717, 1.165) is 17.4 Å². The summed E-state index contributed by atoms with van der Waals surface area (Å²) in [6, 6.07) is 5.52. The van der Waals surface area contributed by atoms with Crippen LogP contribution in [-0.2, 0) is 4.74 Å². The summed E-state index contributed by atoms with van der Waals surface area (Å²) in [5, 5.41) is 1.54. The van der Waals surface area contributed by atoms with E-state index in [-0.39, 0.29) is 11.9 Å². The summed E-state index contributed by atoms with van der Waals surface area (Å²) in [5.74, 6) is 0.350. The van der Waals surface area contributed by atoms with Gasteiger partial charge in [0.05, 0.1) is 19.3 Å². The molecule has 0 spiro atoms. The smallest absolute Gasteiger partial charge is 0.290 e. The second-order valence-electron chi connectivity index (χ2n) is 5.33. The Labute approximate surface area is 128 Å². The number of furan rings is 1. The fourth-order valence-electron chi connectivity index (χ4n) is 2.79. The highest BCUT2D eigenvalue weighted by atomic mass is 35.5. The van der Waals surface area contributed by atoms with Gasteiger partial charge in [0.25, 0.3) is 5.91 Å². The highest BCUT2D eigenvalue weighted by molar-refractivity contribution is 6.31. The van der Waals surface area contributed by atoms with E-state index in [1.807, 2.05) is 17.9 Å². The molecule has 1 aliphatic heterocycles. The second kappa shape index (κ2) is 5.70. The molecule has 1 aromatic heterocycles. The molecule has 1 unspecified atom stereocenters. The maximum absolute atomic E-state index is 12.8.